The van der Waals surface area contributed by atoms with E-state index in [1.54, 1.807) is 11.6 Å². The molecule has 0 aliphatic heterocycles. The lowest BCUT2D eigenvalue weighted by Gasteiger charge is -2.09. The highest BCUT2D eigenvalue weighted by molar-refractivity contribution is 5.83. The molecule has 0 radical (unpaired) electrons. The van der Waals surface area contributed by atoms with Crippen molar-refractivity contribution < 1.29 is 9.66 Å². The quantitative estimate of drug-likeness (QED) is 0.430. The molecule has 1 N–H and O–H groups in total. The Morgan fingerprint density at radius 3 is 2.83 bits per heavy atom. The van der Waals surface area contributed by atoms with E-state index in [9.17, 15) is 10.1 Å². The lowest BCUT2D eigenvalue weighted by atomic mass is 10.1. The molecule has 0 aliphatic carbocycles. The average molecular weight is 312 g/mol. The van der Waals surface area contributed by atoms with Crippen LogP contribution in [-0.2, 0) is 7.05 Å². The van der Waals surface area contributed by atoms with Crippen LogP contribution in [0.1, 0.15) is 0 Å². The molecule has 0 spiro atoms. The second-order valence-electron chi connectivity index (χ2n) is 5.07. The summed E-state index contributed by atoms with van der Waals surface area (Å²) >= 11 is 0. The summed E-state index contributed by atoms with van der Waals surface area (Å²) in [5, 5.41) is 16.1. The monoisotopic (exact) mass is 312 g/mol. The summed E-state index contributed by atoms with van der Waals surface area (Å²) in [6, 6.07) is 13.9. The van der Waals surface area contributed by atoms with Crippen LogP contribution < -0.4 is 10.1 Å². The number of benzene rings is 2. The first-order valence-corrected chi connectivity index (χ1v) is 7.16. The molecule has 118 valence electrons. The zero-order valence-corrected chi connectivity index (χ0v) is 12.6. The number of hydrogen-bond donors (Lipinski definition) is 1. The standard InChI is InChI=1S/C16H16N4O3/c1-19-11-18-16(20(21)22)15(19)17-8-9-23-14-7-6-12-4-2-3-5-13(12)10-14/h2-7,10-11,17H,8-9H2,1H3. The molecule has 23 heavy (non-hydrogen) atoms. The van der Waals surface area contributed by atoms with Gasteiger partial charge in [0.15, 0.2) is 0 Å². The van der Waals surface area contributed by atoms with Crippen molar-refractivity contribution in [1.82, 2.24) is 9.55 Å². The number of anilines is 1. The molecular weight excluding hydrogens is 296 g/mol. The van der Waals surface area contributed by atoms with E-state index >= 15 is 0 Å². The van der Waals surface area contributed by atoms with Crippen LogP contribution in [0.3, 0.4) is 0 Å². The molecule has 0 fully saturated rings. The maximum absolute atomic E-state index is 10.9. The Bertz CT molecular complexity index is 844. The number of nitrogens with one attached hydrogen (secondary N) is 1. The topological polar surface area (TPSA) is 82.2 Å². The van der Waals surface area contributed by atoms with Crippen LogP contribution in [0, 0.1) is 10.1 Å². The number of rotatable bonds is 6. The molecule has 0 amide bonds. The summed E-state index contributed by atoms with van der Waals surface area (Å²) in [5.41, 5.74) is 0. The molecule has 7 heteroatoms. The Hall–Kier alpha value is -3.09. The predicted molar refractivity (Wildman–Crippen MR) is 87.8 cm³/mol. The molecule has 0 bridgehead atoms. The number of imidazole rings is 1. The zero-order chi connectivity index (χ0) is 16.2. The number of fused-ring (bicyclic) bond motifs is 1. The molecule has 2 aromatic carbocycles. The highest BCUT2D eigenvalue weighted by atomic mass is 16.6. The molecule has 0 unspecified atom stereocenters. The van der Waals surface area contributed by atoms with Crippen LogP contribution in [0.2, 0.25) is 0 Å². The van der Waals surface area contributed by atoms with Crippen LogP contribution >= 0.6 is 0 Å². The van der Waals surface area contributed by atoms with E-state index in [2.05, 4.69) is 10.3 Å². The van der Waals surface area contributed by atoms with E-state index in [0.717, 1.165) is 16.5 Å². The van der Waals surface area contributed by atoms with Crippen molar-refractivity contribution in [3.05, 3.63) is 58.9 Å². The first-order valence-electron chi connectivity index (χ1n) is 7.16. The average Bonchev–Trinajstić information content (AvgIpc) is 2.92. The molecule has 0 aliphatic rings. The fraction of sp³-hybridized carbons (Fsp3) is 0.188. The third kappa shape index (κ3) is 3.23. The van der Waals surface area contributed by atoms with Crippen molar-refractivity contribution in [2.45, 2.75) is 0 Å². The summed E-state index contributed by atoms with van der Waals surface area (Å²) in [4.78, 5) is 14.1. The van der Waals surface area contributed by atoms with E-state index in [1.807, 2.05) is 42.5 Å². The van der Waals surface area contributed by atoms with Gasteiger partial charge in [-0.15, -0.1) is 0 Å². The van der Waals surface area contributed by atoms with Crippen molar-refractivity contribution in [2.24, 2.45) is 7.05 Å². The third-order valence-corrected chi connectivity index (χ3v) is 3.47. The van der Waals surface area contributed by atoms with Gasteiger partial charge in [-0.25, -0.2) is 0 Å². The molecule has 3 aromatic rings. The van der Waals surface area contributed by atoms with Crippen molar-refractivity contribution >= 4 is 22.4 Å². The van der Waals surface area contributed by atoms with Gasteiger partial charge in [0.25, 0.3) is 0 Å². The Balaban J connectivity index is 1.59. The van der Waals surface area contributed by atoms with Crippen molar-refractivity contribution in [1.29, 1.82) is 0 Å². The highest BCUT2D eigenvalue weighted by Crippen LogP contribution is 2.22. The number of aromatic nitrogens is 2. The molecule has 0 saturated heterocycles. The van der Waals surface area contributed by atoms with Gasteiger partial charge in [-0.2, -0.15) is 0 Å². The number of hydrogen-bond acceptors (Lipinski definition) is 5. The van der Waals surface area contributed by atoms with Gasteiger partial charge in [-0.05, 0) is 32.8 Å². The fourth-order valence-electron chi connectivity index (χ4n) is 2.35. The second-order valence-corrected chi connectivity index (χ2v) is 5.07. The van der Waals surface area contributed by atoms with Crippen molar-refractivity contribution in [2.75, 3.05) is 18.5 Å². The summed E-state index contributed by atoms with van der Waals surface area (Å²) < 4.78 is 7.27. The van der Waals surface area contributed by atoms with Gasteiger partial charge in [0.05, 0.1) is 6.54 Å². The van der Waals surface area contributed by atoms with E-state index in [-0.39, 0.29) is 5.82 Å². The Morgan fingerprint density at radius 2 is 2.04 bits per heavy atom. The van der Waals surface area contributed by atoms with Crippen LogP contribution in [0.25, 0.3) is 10.8 Å². The number of nitro groups is 1. The van der Waals surface area contributed by atoms with Gasteiger partial charge in [-0.1, -0.05) is 30.3 Å². The fourth-order valence-corrected chi connectivity index (χ4v) is 2.35. The summed E-state index contributed by atoms with van der Waals surface area (Å²) in [7, 11) is 1.70. The summed E-state index contributed by atoms with van der Waals surface area (Å²) in [6.45, 7) is 0.827. The lowest BCUT2D eigenvalue weighted by molar-refractivity contribution is -0.388. The van der Waals surface area contributed by atoms with Gasteiger partial charge in [-0.3, -0.25) is 4.57 Å². The van der Waals surface area contributed by atoms with Gasteiger partial charge in [0, 0.05) is 7.05 Å². The Labute approximate surface area is 132 Å². The Morgan fingerprint density at radius 1 is 1.26 bits per heavy atom. The van der Waals surface area contributed by atoms with Crippen molar-refractivity contribution in [3.8, 4) is 5.75 Å². The Kier molecular flexibility index (Phi) is 4.09. The smallest absolute Gasteiger partial charge is 0.406 e. The van der Waals surface area contributed by atoms with Crippen LogP contribution in [-0.4, -0.2) is 27.6 Å². The predicted octanol–water partition coefficient (Wildman–Crippen LogP) is 2.97. The van der Waals surface area contributed by atoms with Gasteiger partial charge >= 0.3 is 5.82 Å². The largest absolute Gasteiger partial charge is 0.492 e. The number of aryl methyl sites for hydroxylation is 1. The van der Waals surface area contributed by atoms with Crippen LogP contribution in [0.5, 0.6) is 5.75 Å². The first-order chi connectivity index (χ1) is 11.1. The van der Waals surface area contributed by atoms with E-state index in [4.69, 9.17) is 4.74 Å². The van der Waals surface area contributed by atoms with E-state index in [0.29, 0.717) is 19.0 Å². The normalized spacial score (nSPS) is 10.7. The molecule has 1 heterocycles. The number of ether oxygens (including phenoxy) is 1. The molecule has 1 aromatic heterocycles. The molecule has 7 nitrogen and oxygen atoms in total. The van der Waals surface area contributed by atoms with Gasteiger partial charge in [0.2, 0.25) is 12.1 Å². The highest BCUT2D eigenvalue weighted by Gasteiger charge is 2.19. The third-order valence-electron chi connectivity index (χ3n) is 3.47. The van der Waals surface area contributed by atoms with Gasteiger partial charge < -0.3 is 20.2 Å². The minimum atomic E-state index is -0.507. The lowest BCUT2D eigenvalue weighted by Crippen LogP contribution is -2.14. The van der Waals surface area contributed by atoms with Crippen molar-refractivity contribution in [3.63, 3.8) is 0 Å². The SMILES string of the molecule is Cn1cnc([N+](=O)[O-])c1NCCOc1ccc2ccccc2c1. The summed E-state index contributed by atoms with van der Waals surface area (Å²) in [5.74, 6) is 0.959. The summed E-state index contributed by atoms with van der Waals surface area (Å²) in [6.07, 6.45) is 1.41. The molecule has 0 atom stereocenters. The van der Waals surface area contributed by atoms with E-state index < -0.39 is 4.92 Å². The zero-order valence-electron chi connectivity index (χ0n) is 12.6. The molecular formula is C16H16N4O3. The second kappa shape index (κ2) is 6.35. The van der Waals surface area contributed by atoms with Crippen LogP contribution in [0.4, 0.5) is 11.6 Å². The van der Waals surface area contributed by atoms with Gasteiger partial charge in [0.1, 0.15) is 12.4 Å². The first kappa shape index (κ1) is 14.8. The van der Waals surface area contributed by atoms with E-state index in [1.165, 1.54) is 6.33 Å². The van der Waals surface area contributed by atoms with Crippen LogP contribution in [0.15, 0.2) is 48.8 Å². The minimum Gasteiger partial charge on any atom is -0.492 e. The minimum absolute atomic E-state index is 0.182. The maximum Gasteiger partial charge on any atom is 0.406 e. The molecule has 0 saturated carbocycles. The molecule has 3 rings (SSSR count). The maximum atomic E-state index is 10.9. The number of nitrogens with zero attached hydrogens (tertiary/aromatic N) is 3.